The maximum Gasteiger partial charge on any atom is 0.125 e. The van der Waals surface area contributed by atoms with Crippen molar-refractivity contribution in [2.24, 2.45) is 5.73 Å². The first-order chi connectivity index (χ1) is 8.16. The third-order valence-corrected chi connectivity index (χ3v) is 3.42. The Labute approximate surface area is 110 Å². The molecule has 2 N–H and O–H groups in total. The van der Waals surface area contributed by atoms with Gasteiger partial charge in [0.2, 0.25) is 0 Å². The van der Waals surface area contributed by atoms with Crippen molar-refractivity contribution < 1.29 is 9.47 Å². The number of rotatable bonds is 3. The van der Waals surface area contributed by atoms with Crippen LogP contribution in [-0.4, -0.2) is 19.3 Å². The Morgan fingerprint density at radius 2 is 2.12 bits per heavy atom. The Hall–Kier alpha value is -0.580. The zero-order valence-electron chi connectivity index (χ0n) is 9.99. The van der Waals surface area contributed by atoms with Crippen LogP contribution in [0.4, 0.5) is 0 Å². The predicted octanol–water partition coefficient (Wildman–Crippen LogP) is 3.03. The van der Waals surface area contributed by atoms with Crippen LogP contribution in [0.3, 0.4) is 0 Å². The molecule has 94 valence electrons. The van der Waals surface area contributed by atoms with E-state index in [-0.39, 0.29) is 12.1 Å². The normalized spacial score (nSPS) is 19.0. The van der Waals surface area contributed by atoms with E-state index in [4.69, 9.17) is 15.2 Å². The van der Waals surface area contributed by atoms with Gasteiger partial charge in [-0.05, 0) is 19.1 Å². The van der Waals surface area contributed by atoms with Crippen molar-refractivity contribution in [2.75, 3.05) is 13.2 Å². The molecule has 0 spiro atoms. The number of hydrogen-bond donors (Lipinski definition) is 1. The van der Waals surface area contributed by atoms with Crippen molar-refractivity contribution >= 4 is 15.9 Å². The summed E-state index contributed by atoms with van der Waals surface area (Å²) in [6.07, 6.45) is 2.14. The quantitative estimate of drug-likeness (QED) is 0.933. The molecule has 4 heteroatoms. The molecule has 1 fully saturated rings. The number of benzene rings is 1. The van der Waals surface area contributed by atoms with Crippen LogP contribution in [0.5, 0.6) is 5.75 Å². The lowest BCUT2D eigenvalue weighted by Gasteiger charge is -2.25. The average Bonchev–Trinajstić information content (AvgIpc) is 2.30. The van der Waals surface area contributed by atoms with Gasteiger partial charge in [-0.2, -0.15) is 0 Å². The summed E-state index contributed by atoms with van der Waals surface area (Å²) < 4.78 is 12.4. The number of halogens is 1. The molecule has 0 unspecified atom stereocenters. The topological polar surface area (TPSA) is 44.5 Å². The molecule has 0 radical (unpaired) electrons. The summed E-state index contributed by atoms with van der Waals surface area (Å²) >= 11 is 3.46. The van der Waals surface area contributed by atoms with Crippen molar-refractivity contribution in [2.45, 2.75) is 31.9 Å². The Balaban J connectivity index is 2.14. The number of hydrogen-bond acceptors (Lipinski definition) is 3. The van der Waals surface area contributed by atoms with Gasteiger partial charge in [-0.15, -0.1) is 0 Å². The van der Waals surface area contributed by atoms with E-state index in [0.29, 0.717) is 0 Å². The van der Waals surface area contributed by atoms with Crippen LogP contribution in [0.15, 0.2) is 22.7 Å². The molecule has 17 heavy (non-hydrogen) atoms. The van der Waals surface area contributed by atoms with Gasteiger partial charge in [0.15, 0.2) is 0 Å². The highest BCUT2D eigenvalue weighted by Crippen LogP contribution is 2.29. The first-order valence-electron chi connectivity index (χ1n) is 5.96. The molecule has 1 aromatic rings. The number of ether oxygens (including phenoxy) is 2. The SMILES string of the molecule is C[C@H](N)c1ccc(Br)cc1OC1CCOCC1. The largest absolute Gasteiger partial charge is 0.490 e. The van der Waals surface area contributed by atoms with Gasteiger partial charge < -0.3 is 15.2 Å². The second-order valence-electron chi connectivity index (χ2n) is 4.40. The molecule has 0 aliphatic carbocycles. The molecule has 1 aliphatic rings. The Morgan fingerprint density at radius 3 is 2.76 bits per heavy atom. The Morgan fingerprint density at radius 1 is 1.41 bits per heavy atom. The second-order valence-corrected chi connectivity index (χ2v) is 5.32. The second kappa shape index (κ2) is 5.85. The summed E-state index contributed by atoms with van der Waals surface area (Å²) in [6.45, 7) is 3.54. The monoisotopic (exact) mass is 299 g/mol. The highest BCUT2D eigenvalue weighted by molar-refractivity contribution is 9.10. The molecular formula is C13H18BrNO2. The van der Waals surface area contributed by atoms with Crippen LogP contribution in [0.2, 0.25) is 0 Å². The first-order valence-corrected chi connectivity index (χ1v) is 6.75. The smallest absolute Gasteiger partial charge is 0.125 e. The highest BCUT2D eigenvalue weighted by Gasteiger charge is 2.18. The third-order valence-electron chi connectivity index (χ3n) is 2.93. The molecule has 1 aliphatic heterocycles. The lowest BCUT2D eigenvalue weighted by molar-refractivity contribution is 0.0251. The molecule has 3 nitrogen and oxygen atoms in total. The standard InChI is InChI=1S/C13H18BrNO2/c1-9(15)12-3-2-10(14)8-13(12)17-11-4-6-16-7-5-11/h2-3,8-9,11H,4-7,15H2,1H3/t9-/m0/s1. The highest BCUT2D eigenvalue weighted by atomic mass is 79.9. The van der Waals surface area contributed by atoms with E-state index in [1.807, 2.05) is 25.1 Å². The van der Waals surface area contributed by atoms with Crippen LogP contribution in [0.1, 0.15) is 31.4 Å². The van der Waals surface area contributed by atoms with Gasteiger partial charge in [-0.25, -0.2) is 0 Å². The van der Waals surface area contributed by atoms with E-state index in [2.05, 4.69) is 15.9 Å². The van der Waals surface area contributed by atoms with Gasteiger partial charge in [0, 0.05) is 28.9 Å². The molecule has 0 aromatic heterocycles. The molecule has 2 rings (SSSR count). The van der Waals surface area contributed by atoms with Crippen LogP contribution in [-0.2, 0) is 4.74 Å². The summed E-state index contributed by atoms with van der Waals surface area (Å²) in [5.74, 6) is 0.890. The van der Waals surface area contributed by atoms with Crippen LogP contribution < -0.4 is 10.5 Å². The molecule has 1 saturated heterocycles. The fraction of sp³-hybridized carbons (Fsp3) is 0.538. The Kier molecular flexibility index (Phi) is 4.42. The maximum atomic E-state index is 6.04. The zero-order chi connectivity index (χ0) is 12.3. The zero-order valence-corrected chi connectivity index (χ0v) is 11.6. The summed E-state index contributed by atoms with van der Waals surface area (Å²) in [5, 5.41) is 0. The minimum atomic E-state index is -0.0158. The van der Waals surface area contributed by atoms with Gasteiger partial charge in [0.1, 0.15) is 11.9 Å². The lowest BCUT2D eigenvalue weighted by Crippen LogP contribution is -2.26. The van der Waals surface area contributed by atoms with Crippen LogP contribution in [0.25, 0.3) is 0 Å². The lowest BCUT2D eigenvalue weighted by atomic mass is 10.1. The maximum absolute atomic E-state index is 6.04. The molecule has 0 bridgehead atoms. The Bertz CT molecular complexity index is 376. The minimum Gasteiger partial charge on any atom is -0.490 e. The summed E-state index contributed by atoms with van der Waals surface area (Å²) in [5.41, 5.74) is 7.00. The van der Waals surface area contributed by atoms with Crippen molar-refractivity contribution in [3.63, 3.8) is 0 Å². The predicted molar refractivity (Wildman–Crippen MR) is 71.2 cm³/mol. The van der Waals surface area contributed by atoms with Gasteiger partial charge >= 0.3 is 0 Å². The first kappa shape index (κ1) is 12.9. The third kappa shape index (κ3) is 3.44. The molecule has 0 saturated carbocycles. The van der Waals surface area contributed by atoms with Crippen molar-refractivity contribution in [1.82, 2.24) is 0 Å². The summed E-state index contributed by atoms with van der Waals surface area (Å²) in [7, 11) is 0. The summed E-state index contributed by atoms with van der Waals surface area (Å²) in [6, 6.07) is 5.99. The van der Waals surface area contributed by atoms with Crippen molar-refractivity contribution in [3.8, 4) is 5.75 Å². The van der Waals surface area contributed by atoms with Gasteiger partial charge in [0.05, 0.1) is 13.2 Å². The molecule has 0 amide bonds. The van der Waals surface area contributed by atoms with Gasteiger partial charge in [0.25, 0.3) is 0 Å². The molecule has 1 aromatic carbocycles. The van der Waals surface area contributed by atoms with Crippen LogP contribution >= 0.6 is 15.9 Å². The van der Waals surface area contributed by atoms with E-state index in [1.165, 1.54) is 0 Å². The van der Waals surface area contributed by atoms with E-state index < -0.39 is 0 Å². The molecule has 1 atom stereocenters. The molecule has 1 heterocycles. The average molecular weight is 300 g/mol. The van der Waals surface area contributed by atoms with Gasteiger partial charge in [-0.3, -0.25) is 0 Å². The fourth-order valence-electron chi connectivity index (χ4n) is 1.96. The summed E-state index contributed by atoms with van der Waals surface area (Å²) in [4.78, 5) is 0. The molecular weight excluding hydrogens is 282 g/mol. The van der Waals surface area contributed by atoms with E-state index in [0.717, 1.165) is 41.8 Å². The van der Waals surface area contributed by atoms with E-state index in [9.17, 15) is 0 Å². The van der Waals surface area contributed by atoms with Gasteiger partial charge in [-0.1, -0.05) is 22.0 Å². The van der Waals surface area contributed by atoms with Crippen molar-refractivity contribution in [3.05, 3.63) is 28.2 Å². The van der Waals surface area contributed by atoms with E-state index >= 15 is 0 Å². The van der Waals surface area contributed by atoms with E-state index in [1.54, 1.807) is 0 Å². The van der Waals surface area contributed by atoms with Crippen molar-refractivity contribution in [1.29, 1.82) is 0 Å². The fourth-order valence-corrected chi connectivity index (χ4v) is 2.30. The number of nitrogens with two attached hydrogens (primary N) is 1. The van der Waals surface area contributed by atoms with Crippen LogP contribution in [0, 0.1) is 0 Å². The minimum absolute atomic E-state index is 0.0158.